The summed E-state index contributed by atoms with van der Waals surface area (Å²) in [4.78, 5) is 11.2. The minimum Gasteiger partial charge on any atom is -0.497 e. The molecule has 1 aliphatic carbocycles. The number of allylic oxidation sites excluding steroid dienone is 3. The molecule has 1 radical (unpaired) electrons. The Bertz CT molecular complexity index is 1340. The second-order valence-corrected chi connectivity index (χ2v) is 9.77. The molecule has 4 nitrogen and oxygen atoms in total. The maximum atomic E-state index is 5.35. The molecule has 167 valence electrons. The first kappa shape index (κ1) is 21.9. The smallest absolute Gasteiger partial charge is 0.132 e. The number of nitrogens with zero attached hydrogens (tertiary/aromatic N) is 2. The van der Waals surface area contributed by atoms with Gasteiger partial charge in [-0.2, -0.15) is 0 Å². The maximum Gasteiger partial charge on any atom is 0.132 e. The topological polar surface area (TPSA) is 41.1 Å². The average Bonchev–Trinajstić information content (AvgIpc) is 3.43. The third-order valence-corrected chi connectivity index (χ3v) is 7.06. The molecule has 5 rings (SSSR count). The number of likely N-dealkylation sites (tertiary alicyclic amines) is 1. The van der Waals surface area contributed by atoms with Crippen LogP contribution in [-0.2, 0) is 5.54 Å². The van der Waals surface area contributed by atoms with Gasteiger partial charge in [0.1, 0.15) is 11.6 Å². The van der Waals surface area contributed by atoms with Gasteiger partial charge in [0.25, 0.3) is 0 Å². The van der Waals surface area contributed by atoms with E-state index < -0.39 is 0 Å². The fraction of sp³-hybridized carbons (Fsp3) is 0.286. The zero-order chi connectivity index (χ0) is 23.0. The molecular weight excluding hydrogens is 474 g/mol. The Morgan fingerprint density at radius 3 is 2.94 bits per heavy atom. The molecule has 0 bridgehead atoms. The number of imidazole rings is 1. The van der Waals surface area contributed by atoms with E-state index in [9.17, 15) is 0 Å². The monoisotopic (exact) mass is 500 g/mol. The zero-order valence-electron chi connectivity index (χ0n) is 19.2. The number of aryl methyl sites for hydroxylation is 1. The van der Waals surface area contributed by atoms with E-state index in [4.69, 9.17) is 9.72 Å². The summed E-state index contributed by atoms with van der Waals surface area (Å²) in [5.74, 6) is 8.61. The Hall–Kier alpha value is -2.97. The van der Waals surface area contributed by atoms with Gasteiger partial charge >= 0.3 is 0 Å². The summed E-state index contributed by atoms with van der Waals surface area (Å²) in [7, 11) is 1.68. The van der Waals surface area contributed by atoms with Crippen molar-refractivity contribution >= 4 is 27.0 Å². The lowest BCUT2D eigenvalue weighted by Gasteiger charge is -2.37. The first-order chi connectivity index (χ1) is 16.0. The third-order valence-electron chi connectivity index (χ3n) is 6.60. The van der Waals surface area contributed by atoms with Crippen molar-refractivity contribution in [2.45, 2.75) is 38.6 Å². The summed E-state index contributed by atoms with van der Waals surface area (Å²) in [6.07, 6.45) is 9.72. The molecule has 1 atom stereocenters. The van der Waals surface area contributed by atoms with Gasteiger partial charge in [0, 0.05) is 34.3 Å². The van der Waals surface area contributed by atoms with Gasteiger partial charge in [-0.1, -0.05) is 39.9 Å². The van der Waals surface area contributed by atoms with E-state index >= 15 is 0 Å². The maximum absolute atomic E-state index is 5.35. The van der Waals surface area contributed by atoms with Crippen molar-refractivity contribution in [2.75, 3.05) is 13.7 Å². The molecule has 2 aliphatic rings. The number of aromatic nitrogens is 2. The molecule has 0 unspecified atom stereocenters. The highest BCUT2D eigenvalue weighted by Gasteiger charge is 2.42. The molecule has 1 aliphatic heterocycles. The third kappa shape index (κ3) is 4.09. The van der Waals surface area contributed by atoms with Crippen molar-refractivity contribution in [3.05, 3.63) is 87.7 Å². The number of aromatic amines is 1. The number of hydrogen-bond donors (Lipinski definition) is 1. The summed E-state index contributed by atoms with van der Waals surface area (Å²) in [6, 6.07) is 12.1. The van der Waals surface area contributed by atoms with Crippen LogP contribution in [0.4, 0.5) is 0 Å². The number of ether oxygens (including phenoxy) is 1. The lowest BCUT2D eigenvalue weighted by Crippen LogP contribution is -2.39. The second kappa shape index (κ2) is 8.76. The normalized spacial score (nSPS) is 20.3. The Kier molecular flexibility index (Phi) is 5.80. The quantitative estimate of drug-likeness (QED) is 0.421. The summed E-state index contributed by atoms with van der Waals surface area (Å²) in [5.41, 5.74) is 6.27. The highest BCUT2D eigenvalue weighted by Crippen LogP contribution is 2.42. The van der Waals surface area contributed by atoms with Crippen molar-refractivity contribution < 1.29 is 4.74 Å². The molecule has 2 aromatic carbocycles. The lowest BCUT2D eigenvalue weighted by molar-refractivity contribution is 0.201. The number of hydrogen-bond acceptors (Lipinski definition) is 3. The van der Waals surface area contributed by atoms with Gasteiger partial charge in [0.15, 0.2) is 0 Å². The molecule has 0 saturated carbocycles. The van der Waals surface area contributed by atoms with Gasteiger partial charge in [0.05, 0.1) is 23.7 Å². The van der Waals surface area contributed by atoms with Crippen molar-refractivity contribution in [1.29, 1.82) is 0 Å². The van der Waals surface area contributed by atoms with Crippen LogP contribution in [0, 0.1) is 25.2 Å². The molecule has 1 aromatic heterocycles. The molecule has 5 heteroatoms. The average molecular weight is 501 g/mol. The van der Waals surface area contributed by atoms with Crippen molar-refractivity contribution in [2.24, 2.45) is 0 Å². The van der Waals surface area contributed by atoms with Gasteiger partial charge in [0.2, 0.25) is 0 Å². The molecule has 0 spiro atoms. The number of halogens is 1. The summed E-state index contributed by atoms with van der Waals surface area (Å²) >= 11 is 3.62. The van der Waals surface area contributed by atoms with Gasteiger partial charge < -0.3 is 14.6 Å². The van der Waals surface area contributed by atoms with Crippen LogP contribution in [0.1, 0.15) is 43.1 Å². The van der Waals surface area contributed by atoms with E-state index in [2.05, 4.69) is 82.2 Å². The zero-order valence-corrected chi connectivity index (χ0v) is 20.8. The first-order valence-corrected chi connectivity index (χ1v) is 12.1. The summed E-state index contributed by atoms with van der Waals surface area (Å²) < 4.78 is 6.41. The van der Waals surface area contributed by atoms with Crippen LogP contribution in [0.25, 0.3) is 11.0 Å². The van der Waals surface area contributed by atoms with E-state index in [1.54, 1.807) is 7.11 Å². The van der Waals surface area contributed by atoms with Gasteiger partial charge in [-0.15, -0.1) is 0 Å². The highest BCUT2D eigenvalue weighted by molar-refractivity contribution is 9.10. The molecule has 1 saturated heterocycles. The molecular formula is C28H27BrN3O. The summed E-state index contributed by atoms with van der Waals surface area (Å²) in [5, 5.41) is 0. The number of rotatable bonds is 3. The number of nitrogens with one attached hydrogen (secondary N) is 1. The van der Waals surface area contributed by atoms with Gasteiger partial charge in [-0.25, -0.2) is 4.98 Å². The van der Waals surface area contributed by atoms with Crippen LogP contribution in [-0.4, -0.2) is 28.5 Å². The Balaban J connectivity index is 1.55. The lowest BCUT2D eigenvalue weighted by atomic mass is 9.94. The minimum atomic E-state index is -0.217. The predicted molar refractivity (Wildman–Crippen MR) is 137 cm³/mol. The van der Waals surface area contributed by atoms with E-state index in [1.165, 1.54) is 11.3 Å². The number of benzene rings is 2. The van der Waals surface area contributed by atoms with Crippen LogP contribution >= 0.6 is 15.9 Å². The first-order valence-electron chi connectivity index (χ1n) is 11.3. The van der Waals surface area contributed by atoms with Crippen LogP contribution < -0.4 is 4.74 Å². The van der Waals surface area contributed by atoms with E-state index in [0.717, 1.165) is 64.0 Å². The fourth-order valence-electron chi connectivity index (χ4n) is 4.85. The Morgan fingerprint density at radius 2 is 2.09 bits per heavy atom. The van der Waals surface area contributed by atoms with Crippen molar-refractivity contribution in [3.63, 3.8) is 0 Å². The second-order valence-electron chi connectivity index (χ2n) is 8.86. The standard InChI is InChI=1S/C28H27BrN3O/c1-19-16-22(29)18-24-26(19)31-27(30-24)28(2)14-7-15-32(28)25-11-5-4-9-21(25)13-12-20-8-6-10-23(17-20)33-3/h5-6,8-11,16-18H,4,7,14-15H2,1-3H3,(H,30,31)/t28-/m0/s1. The van der Waals surface area contributed by atoms with Crippen LogP contribution in [0.3, 0.4) is 0 Å². The molecule has 33 heavy (non-hydrogen) atoms. The summed E-state index contributed by atoms with van der Waals surface area (Å²) in [6.45, 7) is 5.39. The van der Waals surface area contributed by atoms with Crippen LogP contribution in [0.15, 0.2) is 64.3 Å². The Morgan fingerprint density at radius 1 is 1.21 bits per heavy atom. The number of fused-ring (bicyclic) bond motifs is 1. The predicted octanol–water partition coefficient (Wildman–Crippen LogP) is 6.42. The molecule has 0 amide bonds. The highest BCUT2D eigenvalue weighted by atomic mass is 79.9. The van der Waals surface area contributed by atoms with Gasteiger partial charge in [-0.05, 0) is 75.1 Å². The fourth-order valence-corrected chi connectivity index (χ4v) is 5.42. The molecule has 3 aromatic rings. The van der Waals surface area contributed by atoms with Crippen LogP contribution in [0.2, 0.25) is 0 Å². The number of H-pyrrole nitrogens is 1. The molecule has 1 fully saturated rings. The number of methoxy groups -OCH3 is 1. The molecule has 1 N–H and O–H groups in total. The van der Waals surface area contributed by atoms with Crippen LogP contribution in [0.5, 0.6) is 5.75 Å². The molecule has 2 heterocycles. The van der Waals surface area contributed by atoms with Crippen molar-refractivity contribution in [1.82, 2.24) is 14.9 Å². The minimum absolute atomic E-state index is 0.217. The van der Waals surface area contributed by atoms with Crippen molar-refractivity contribution in [3.8, 4) is 17.6 Å². The van der Waals surface area contributed by atoms with E-state index in [1.807, 2.05) is 24.3 Å². The SMILES string of the molecule is COc1cccc(C#CC2=C(N3CCC[C@@]3(C)c3nc4c(C)cc(Br)cc4[nH]3)C=CC[CH]2)c1. The van der Waals surface area contributed by atoms with E-state index in [-0.39, 0.29) is 5.54 Å². The van der Waals surface area contributed by atoms with Gasteiger partial charge in [-0.3, -0.25) is 0 Å². The largest absolute Gasteiger partial charge is 0.497 e. The van der Waals surface area contributed by atoms with E-state index in [0.29, 0.717) is 0 Å². The Labute approximate surface area is 203 Å².